The number of carbonyl (C=O) groups is 1. The minimum Gasteiger partial charge on any atom is -0.324 e. The summed E-state index contributed by atoms with van der Waals surface area (Å²) in [5, 5.41) is 14.5. The first-order valence-electron chi connectivity index (χ1n) is 6.89. The van der Waals surface area contributed by atoms with E-state index in [-0.39, 0.29) is 17.2 Å². The highest BCUT2D eigenvalue weighted by atomic mass is 19.1. The van der Waals surface area contributed by atoms with Crippen molar-refractivity contribution in [2.24, 2.45) is 5.92 Å². The quantitative estimate of drug-likeness (QED) is 0.887. The zero-order valence-electron chi connectivity index (χ0n) is 11.3. The van der Waals surface area contributed by atoms with Gasteiger partial charge in [-0.05, 0) is 56.5 Å². The number of nitrogens with one attached hydrogen (secondary N) is 2. The molecule has 4 nitrogen and oxygen atoms in total. The van der Waals surface area contributed by atoms with Gasteiger partial charge in [-0.15, -0.1) is 0 Å². The average molecular weight is 275 g/mol. The van der Waals surface area contributed by atoms with E-state index in [2.05, 4.69) is 10.6 Å². The molecule has 1 aliphatic heterocycles. The molecule has 1 aromatic rings. The van der Waals surface area contributed by atoms with Crippen LogP contribution in [-0.2, 0) is 4.79 Å². The molecule has 1 fully saturated rings. The van der Waals surface area contributed by atoms with Crippen molar-refractivity contribution < 1.29 is 9.18 Å². The molecule has 1 aromatic carbocycles. The van der Waals surface area contributed by atoms with Crippen LogP contribution in [0.15, 0.2) is 18.2 Å². The Morgan fingerprint density at radius 1 is 1.45 bits per heavy atom. The molecule has 2 N–H and O–H groups in total. The molecule has 0 saturated carbocycles. The molecule has 0 radical (unpaired) electrons. The summed E-state index contributed by atoms with van der Waals surface area (Å²) in [5.41, 5.74) is 0.384. The maximum atomic E-state index is 13.6. The number of nitriles is 1. The summed E-state index contributed by atoms with van der Waals surface area (Å²) >= 11 is 0. The monoisotopic (exact) mass is 275 g/mol. The number of hydrogen-bond donors (Lipinski definition) is 2. The molecule has 0 aliphatic carbocycles. The zero-order chi connectivity index (χ0) is 14.4. The number of halogens is 1. The Labute approximate surface area is 118 Å². The summed E-state index contributed by atoms with van der Waals surface area (Å²) in [4.78, 5) is 11.8. The topological polar surface area (TPSA) is 64.9 Å². The normalized spacial score (nSPS) is 15.6. The number of piperidine rings is 1. The summed E-state index contributed by atoms with van der Waals surface area (Å²) in [5.74, 6) is -0.167. The Morgan fingerprint density at radius 3 is 2.85 bits per heavy atom. The van der Waals surface area contributed by atoms with Crippen molar-refractivity contribution >= 4 is 11.6 Å². The molecule has 0 spiro atoms. The highest BCUT2D eigenvalue weighted by Gasteiger charge is 2.15. The van der Waals surface area contributed by atoms with Crippen LogP contribution in [0.3, 0.4) is 0 Å². The molecule has 1 heterocycles. The SMILES string of the molecule is N#Cc1ccc(NC(=O)CCC2CCNCC2)c(F)c1. The molecule has 1 amide bonds. The predicted molar refractivity (Wildman–Crippen MR) is 74.6 cm³/mol. The van der Waals surface area contributed by atoms with Gasteiger partial charge in [0.1, 0.15) is 5.82 Å². The largest absolute Gasteiger partial charge is 0.324 e. The molecule has 0 bridgehead atoms. The minimum absolute atomic E-state index is 0.138. The van der Waals surface area contributed by atoms with Gasteiger partial charge in [0, 0.05) is 6.42 Å². The lowest BCUT2D eigenvalue weighted by Gasteiger charge is -2.22. The van der Waals surface area contributed by atoms with Gasteiger partial charge in [0.25, 0.3) is 0 Å². The standard InChI is InChI=1S/C15H18FN3O/c16-13-9-12(10-17)1-3-14(13)19-15(20)4-2-11-5-7-18-8-6-11/h1,3,9,11,18H,2,4-8H2,(H,19,20). The lowest BCUT2D eigenvalue weighted by atomic mass is 9.93. The van der Waals surface area contributed by atoms with Gasteiger partial charge in [0.15, 0.2) is 0 Å². The molecule has 0 aromatic heterocycles. The predicted octanol–water partition coefficient (Wildman–Crippen LogP) is 2.42. The first kappa shape index (κ1) is 14.5. The molecule has 5 heteroatoms. The summed E-state index contributed by atoms with van der Waals surface area (Å²) in [7, 11) is 0. The number of benzene rings is 1. The van der Waals surface area contributed by atoms with Crippen molar-refractivity contribution in [2.75, 3.05) is 18.4 Å². The van der Waals surface area contributed by atoms with Crippen LogP contribution < -0.4 is 10.6 Å². The van der Waals surface area contributed by atoms with Crippen molar-refractivity contribution in [3.05, 3.63) is 29.6 Å². The van der Waals surface area contributed by atoms with E-state index < -0.39 is 5.82 Å². The van der Waals surface area contributed by atoms with Crippen LogP contribution in [0.5, 0.6) is 0 Å². The fraction of sp³-hybridized carbons (Fsp3) is 0.467. The van der Waals surface area contributed by atoms with Crippen molar-refractivity contribution in [3.8, 4) is 6.07 Å². The van der Waals surface area contributed by atoms with E-state index in [4.69, 9.17) is 5.26 Å². The van der Waals surface area contributed by atoms with E-state index in [9.17, 15) is 9.18 Å². The van der Waals surface area contributed by atoms with Crippen LogP contribution in [0.2, 0.25) is 0 Å². The van der Waals surface area contributed by atoms with Gasteiger partial charge in [0.05, 0.1) is 17.3 Å². The summed E-state index contributed by atoms with van der Waals surface area (Å²) in [6.07, 6.45) is 3.44. The fourth-order valence-electron chi connectivity index (χ4n) is 2.40. The van der Waals surface area contributed by atoms with Crippen molar-refractivity contribution in [1.29, 1.82) is 5.26 Å². The smallest absolute Gasteiger partial charge is 0.224 e. The first-order chi connectivity index (χ1) is 9.69. The van der Waals surface area contributed by atoms with Gasteiger partial charge in [0.2, 0.25) is 5.91 Å². The third-order valence-electron chi connectivity index (χ3n) is 3.61. The van der Waals surface area contributed by atoms with E-state index in [0.717, 1.165) is 38.4 Å². The Hall–Kier alpha value is -1.93. The van der Waals surface area contributed by atoms with Gasteiger partial charge >= 0.3 is 0 Å². The number of carbonyl (C=O) groups excluding carboxylic acids is 1. The Balaban J connectivity index is 1.83. The number of hydrogen-bond acceptors (Lipinski definition) is 3. The van der Waals surface area contributed by atoms with Gasteiger partial charge in [-0.25, -0.2) is 4.39 Å². The fourth-order valence-corrected chi connectivity index (χ4v) is 2.40. The summed E-state index contributed by atoms with van der Waals surface area (Å²) in [6, 6.07) is 5.90. The van der Waals surface area contributed by atoms with Crippen LogP contribution >= 0.6 is 0 Å². The van der Waals surface area contributed by atoms with E-state index in [1.807, 2.05) is 6.07 Å². The Morgan fingerprint density at radius 2 is 2.20 bits per heavy atom. The second-order valence-electron chi connectivity index (χ2n) is 5.09. The molecule has 2 rings (SSSR count). The second kappa shape index (κ2) is 7.01. The molecule has 0 unspecified atom stereocenters. The van der Waals surface area contributed by atoms with Gasteiger partial charge < -0.3 is 10.6 Å². The zero-order valence-corrected chi connectivity index (χ0v) is 11.3. The molecule has 20 heavy (non-hydrogen) atoms. The Bertz CT molecular complexity index is 518. The minimum atomic E-state index is -0.570. The lowest BCUT2D eigenvalue weighted by Crippen LogP contribution is -2.28. The third-order valence-corrected chi connectivity index (χ3v) is 3.61. The molecular weight excluding hydrogens is 257 g/mol. The number of rotatable bonds is 4. The summed E-state index contributed by atoms with van der Waals surface area (Å²) < 4.78 is 13.6. The summed E-state index contributed by atoms with van der Waals surface area (Å²) in [6.45, 7) is 2.02. The highest BCUT2D eigenvalue weighted by Crippen LogP contribution is 2.19. The molecular formula is C15H18FN3O. The number of nitrogens with zero attached hydrogens (tertiary/aromatic N) is 1. The number of amides is 1. The van der Waals surface area contributed by atoms with Crippen LogP contribution in [0.25, 0.3) is 0 Å². The van der Waals surface area contributed by atoms with E-state index in [0.29, 0.717) is 12.3 Å². The molecule has 1 aliphatic rings. The highest BCUT2D eigenvalue weighted by molar-refractivity contribution is 5.90. The van der Waals surface area contributed by atoms with Crippen molar-refractivity contribution in [1.82, 2.24) is 5.32 Å². The first-order valence-corrected chi connectivity index (χ1v) is 6.89. The lowest BCUT2D eigenvalue weighted by molar-refractivity contribution is -0.116. The maximum absolute atomic E-state index is 13.6. The van der Waals surface area contributed by atoms with Crippen LogP contribution in [0.1, 0.15) is 31.2 Å². The molecule has 106 valence electrons. The third kappa shape index (κ3) is 4.04. The van der Waals surface area contributed by atoms with E-state index in [1.165, 1.54) is 12.1 Å². The van der Waals surface area contributed by atoms with Crippen LogP contribution in [0, 0.1) is 23.1 Å². The maximum Gasteiger partial charge on any atom is 0.224 e. The molecule has 1 saturated heterocycles. The number of anilines is 1. The van der Waals surface area contributed by atoms with E-state index >= 15 is 0 Å². The van der Waals surface area contributed by atoms with E-state index in [1.54, 1.807) is 0 Å². The van der Waals surface area contributed by atoms with Gasteiger partial charge in [-0.2, -0.15) is 5.26 Å². The van der Waals surface area contributed by atoms with Crippen molar-refractivity contribution in [3.63, 3.8) is 0 Å². The van der Waals surface area contributed by atoms with Crippen molar-refractivity contribution in [2.45, 2.75) is 25.7 Å². The van der Waals surface area contributed by atoms with Crippen LogP contribution in [-0.4, -0.2) is 19.0 Å². The van der Waals surface area contributed by atoms with Gasteiger partial charge in [-0.3, -0.25) is 4.79 Å². The van der Waals surface area contributed by atoms with Crippen LogP contribution in [0.4, 0.5) is 10.1 Å². The second-order valence-corrected chi connectivity index (χ2v) is 5.09. The average Bonchev–Trinajstić information content (AvgIpc) is 2.48. The Kier molecular flexibility index (Phi) is 5.08. The molecule has 0 atom stereocenters. The van der Waals surface area contributed by atoms with Gasteiger partial charge in [-0.1, -0.05) is 0 Å².